The average Bonchev–Trinajstić information content (AvgIpc) is 2.87. The molecule has 36 heavy (non-hydrogen) atoms. The summed E-state index contributed by atoms with van der Waals surface area (Å²) in [7, 11) is 4.11. The molecule has 2 aliphatic rings. The number of hydrogen-bond donors (Lipinski definition) is 2. The minimum absolute atomic E-state index is 0.117. The summed E-state index contributed by atoms with van der Waals surface area (Å²) in [5.74, 6) is 1.71. The molecule has 0 spiro atoms. The quantitative estimate of drug-likeness (QED) is 0.290. The normalized spacial score (nSPS) is 17.2. The lowest BCUT2D eigenvalue weighted by Crippen LogP contribution is -2.44. The van der Waals surface area contributed by atoms with Crippen molar-refractivity contribution in [2.45, 2.75) is 0 Å². The maximum Gasteiger partial charge on any atom is 0.311 e. The standard InChI is InChI=1S/C22H32N10O4/c1-27-9-13-29(14-10-27)19-5-3-17(31(33)34)21(25-19)23-7-8-24-22-18(32(35)36)4-6-20(26-22)30-15-11-28(2)12-16-30/h3-6H,7-16H2,1-2H3,(H,23,25)(H,24,26). The van der Waals surface area contributed by atoms with E-state index in [0.717, 1.165) is 52.4 Å². The first-order chi connectivity index (χ1) is 17.3. The van der Waals surface area contributed by atoms with E-state index in [1.807, 2.05) is 0 Å². The second kappa shape index (κ2) is 11.3. The van der Waals surface area contributed by atoms with Crippen LogP contribution >= 0.6 is 0 Å². The lowest BCUT2D eigenvalue weighted by atomic mass is 10.3. The van der Waals surface area contributed by atoms with Gasteiger partial charge in [-0.25, -0.2) is 9.97 Å². The minimum atomic E-state index is -0.470. The van der Waals surface area contributed by atoms with E-state index in [9.17, 15) is 20.2 Å². The predicted octanol–water partition coefficient (Wildman–Crippen LogP) is 1.32. The highest BCUT2D eigenvalue weighted by Crippen LogP contribution is 2.28. The summed E-state index contributed by atoms with van der Waals surface area (Å²) in [6.45, 7) is 7.27. The van der Waals surface area contributed by atoms with Crippen LogP contribution < -0.4 is 20.4 Å². The molecule has 0 bridgehead atoms. The van der Waals surface area contributed by atoms with Crippen molar-refractivity contribution in [3.8, 4) is 0 Å². The Morgan fingerprint density at radius 1 is 0.694 bits per heavy atom. The first kappa shape index (κ1) is 25.3. The van der Waals surface area contributed by atoms with Crippen molar-refractivity contribution >= 4 is 34.6 Å². The van der Waals surface area contributed by atoms with Crippen LogP contribution in [0, 0.1) is 20.2 Å². The Morgan fingerprint density at radius 3 is 1.39 bits per heavy atom. The van der Waals surface area contributed by atoms with Gasteiger partial charge in [0.1, 0.15) is 11.6 Å². The second-order valence-corrected chi connectivity index (χ2v) is 9.02. The lowest BCUT2D eigenvalue weighted by molar-refractivity contribution is -0.384. The average molecular weight is 501 g/mol. The third-order valence-corrected chi connectivity index (χ3v) is 6.48. The number of likely N-dealkylation sites (N-methyl/N-ethyl adjacent to an activating group) is 2. The number of hydrogen-bond acceptors (Lipinski definition) is 12. The van der Waals surface area contributed by atoms with Crippen molar-refractivity contribution < 1.29 is 9.85 Å². The van der Waals surface area contributed by atoms with Crippen LogP contribution in [0.5, 0.6) is 0 Å². The zero-order valence-electron chi connectivity index (χ0n) is 20.6. The van der Waals surface area contributed by atoms with Gasteiger partial charge in [-0.1, -0.05) is 0 Å². The number of nitro groups is 2. The Hall–Kier alpha value is -3.78. The number of anilines is 4. The van der Waals surface area contributed by atoms with Gasteiger partial charge in [0.15, 0.2) is 0 Å². The first-order valence-corrected chi connectivity index (χ1v) is 12.0. The van der Waals surface area contributed by atoms with Gasteiger partial charge in [0.05, 0.1) is 9.85 Å². The van der Waals surface area contributed by atoms with E-state index < -0.39 is 9.85 Å². The molecule has 0 aromatic carbocycles. The highest BCUT2D eigenvalue weighted by Gasteiger charge is 2.22. The van der Waals surface area contributed by atoms with Gasteiger partial charge in [-0.15, -0.1) is 0 Å². The van der Waals surface area contributed by atoms with Crippen LogP contribution in [0.25, 0.3) is 0 Å². The van der Waals surface area contributed by atoms with Crippen molar-refractivity contribution in [1.82, 2.24) is 19.8 Å². The van der Waals surface area contributed by atoms with Crippen molar-refractivity contribution in [2.24, 2.45) is 0 Å². The van der Waals surface area contributed by atoms with Gasteiger partial charge in [-0.05, 0) is 26.2 Å². The second-order valence-electron chi connectivity index (χ2n) is 9.02. The largest absolute Gasteiger partial charge is 0.363 e. The van der Waals surface area contributed by atoms with Gasteiger partial charge in [-0.2, -0.15) is 0 Å². The third-order valence-electron chi connectivity index (χ3n) is 6.48. The smallest absolute Gasteiger partial charge is 0.311 e. The summed E-state index contributed by atoms with van der Waals surface area (Å²) in [6, 6.07) is 6.26. The van der Waals surface area contributed by atoms with E-state index in [2.05, 4.69) is 54.3 Å². The molecule has 0 unspecified atom stereocenters. The maximum atomic E-state index is 11.5. The summed E-state index contributed by atoms with van der Waals surface area (Å²) >= 11 is 0. The molecule has 2 N–H and O–H groups in total. The van der Waals surface area contributed by atoms with Crippen molar-refractivity contribution in [1.29, 1.82) is 0 Å². The fourth-order valence-electron chi connectivity index (χ4n) is 4.22. The van der Waals surface area contributed by atoms with Crippen LogP contribution in [0.15, 0.2) is 24.3 Å². The predicted molar refractivity (Wildman–Crippen MR) is 138 cm³/mol. The number of rotatable bonds is 9. The Kier molecular flexibility index (Phi) is 7.95. The van der Waals surface area contributed by atoms with Crippen LogP contribution in [0.2, 0.25) is 0 Å². The third kappa shape index (κ3) is 6.07. The fourth-order valence-corrected chi connectivity index (χ4v) is 4.22. The molecule has 0 amide bonds. The Bertz CT molecular complexity index is 999. The molecule has 0 saturated carbocycles. The molecule has 14 nitrogen and oxygen atoms in total. The van der Waals surface area contributed by atoms with E-state index in [0.29, 0.717) is 11.6 Å². The molecule has 2 fully saturated rings. The summed E-state index contributed by atoms with van der Waals surface area (Å²) in [6.07, 6.45) is 0. The molecule has 2 aromatic heterocycles. The summed E-state index contributed by atoms with van der Waals surface area (Å²) < 4.78 is 0. The van der Waals surface area contributed by atoms with E-state index in [4.69, 9.17) is 0 Å². The Morgan fingerprint density at radius 2 is 1.06 bits per heavy atom. The summed E-state index contributed by atoms with van der Waals surface area (Å²) in [5.41, 5.74) is -0.233. The lowest BCUT2D eigenvalue weighted by Gasteiger charge is -2.33. The van der Waals surface area contributed by atoms with Gasteiger partial charge in [0.2, 0.25) is 11.6 Å². The zero-order valence-corrected chi connectivity index (χ0v) is 20.6. The molecule has 14 heteroatoms. The molecule has 2 aromatic rings. The van der Waals surface area contributed by atoms with Crippen LogP contribution in [-0.4, -0.2) is 109 Å². The maximum absolute atomic E-state index is 11.5. The topological polar surface area (TPSA) is 149 Å². The molecular weight excluding hydrogens is 468 g/mol. The molecule has 0 radical (unpaired) electrons. The van der Waals surface area contributed by atoms with Gasteiger partial charge in [-0.3, -0.25) is 20.2 Å². The number of piperazine rings is 2. The Labute approximate surface area is 209 Å². The van der Waals surface area contributed by atoms with Crippen LogP contribution in [-0.2, 0) is 0 Å². The molecule has 194 valence electrons. The van der Waals surface area contributed by atoms with E-state index in [-0.39, 0.29) is 36.1 Å². The van der Waals surface area contributed by atoms with Gasteiger partial charge in [0.25, 0.3) is 0 Å². The van der Waals surface area contributed by atoms with Gasteiger partial charge in [0, 0.05) is 77.6 Å². The van der Waals surface area contributed by atoms with Crippen molar-refractivity contribution in [3.05, 3.63) is 44.5 Å². The fraction of sp³-hybridized carbons (Fsp3) is 0.545. The minimum Gasteiger partial charge on any atom is -0.363 e. The van der Waals surface area contributed by atoms with Crippen molar-refractivity contribution in [2.75, 3.05) is 100.0 Å². The molecule has 2 saturated heterocycles. The molecule has 2 aliphatic heterocycles. The number of aromatic nitrogens is 2. The van der Waals surface area contributed by atoms with E-state index >= 15 is 0 Å². The number of nitrogens with zero attached hydrogens (tertiary/aromatic N) is 8. The molecule has 4 rings (SSSR count). The first-order valence-electron chi connectivity index (χ1n) is 12.0. The highest BCUT2D eigenvalue weighted by atomic mass is 16.6. The SMILES string of the molecule is CN1CCN(c2ccc([N+](=O)[O-])c(NCCNc3nc(N4CCN(C)CC4)ccc3[N+](=O)[O-])n2)CC1. The highest BCUT2D eigenvalue weighted by molar-refractivity contribution is 5.62. The van der Waals surface area contributed by atoms with Gasteiger partial charge >= 0.3 is 11.4 Å². The van der Waals surface area contributed by atoms with E-state index in [1.165, 1.54) is 12.1 Å². The number of nitrogens with one attached hydrogen (secondary N) is 2. The monoisotopic (exact) mass is 500 g/mol. The van der Waals surface area contributed by atoms with Crippen LogP contribution in [0.3, 0.4) is 0 Å². The molecule has 0 aliphatic carbocycles. The molecule has 0 atom stereocenters. The molecule has 4 heterocycles. The summed E-state index contributed by atoms with van der Waals surface area (Å²) in [4.78, 5) is 39.8. The zero-order chi connectivity index (χ0) is 25.7. The Balaban J connectivity index is 1.42. The summed E-state index contributed by atoms with van der Waals surface area (Å²) in [5, 5.41) is 29.1. The van der Waals surface area contributed by atoms with Crippen molar-refractivity contribution in [3.63, 3.8) is 0 Å². The number of pyridine rings is 2. The molecular formula is C22H32N10O4. The van der Waals surface area contributed by atoms with E-state index in [1.54, 1.807) is 12.1 Å². The van der Waals surface area contributed by atoms with Gasteiger partial charge < -0.3 is 30.2 Å². The van der Waals surface area contributed by atoms with Crippen LogP contribution in [0.4, 0.5) is 34.6 Å². The van der Waals surface area contributed by atoms with Crippen LogP contribution in [0.1, 0.15) is 0 Å².